The van der Waals surface area contributed by atoms with Crippen molar-refractivity contribution in [2.45, 2.75) is 36.2 Å². The van der Waals surface area contributed by atoms with Crippen LogP contribution >= 0.6 is 0 Å². The van der Waals surface area contributed by atoms with E-state index in [0.29, 0.717) is 12.1 Å². The van der Waals surface area contributed by atoms with Crippen molar-refractivity contribution in [2.24, 2.45) is 0 Å². The van der Waals surface area contributed by atoms with Gasteiger partial charge in [0.2, 0.25) is 0 Å². The first-order chi connectivity index (χ1) is 17.7. The van der Waals surface area contributed by atoms with E-state index in [9.17, 15) is 39.6 Å². The third-order valence-corrected chi connectivity index (χ3v) is 7.43. The molecule has 2 aromatic carbocycles. The molecule has 1 N–H and O–H groups in total. The Labute approximate surface area is 212 Å². The summed E-state index contributed by atoms with van der Waals surface area (Å²) >= 11 is 0. The Balaban J connectivity index is 1.82. The number of aromatic nitrogens is 1. The molecule has 1 unspecified atom stereocenters. The summed E-state index contributed by atoms with van der Waals surface area (Å²) in [6.45, 7) is -0.446. The van der Waals surface area contributed by atoms with Crippen LogP contribution in [0.3, 0.4) is 0 Å². The molecule has 1 atom stereocenters. The number of carbonyl (C=O) groups is 1. The maximum absolute atomic E-state index is 13.6. The number of benzene rings is 2. The highest BCUT2D eigenvalue weighted by Gasteiger charge is 2.38. The van der Waals surface area contributed by atoms with Crippen molar-refractivity contribution in [3.8, 4) is 17.0 Å². The molecule has 0 amide bonds. The lowest BCUT2D eigenvalue weighted by molar-refractivity contribution is -0.141. The van der Waals surface area contributed by atoms with E-state index < -0.39 is 57.1 Å². The Bertz CT molecular complexity index is 1470. The highest BCUT2D eigenvalue weighted by molar-refractivity contribution is 7.92. The Morgan fingerprint density at radius 3 is 2.37 bits per heavy atom. The van der Waals surface area contributed by atoms with Crippen LogP contribution in [0, 0.1) is 0 Å². The predicted molar refractivity (Wildman–Crippen MR) is 122 cm³/mol. The molecule has 1 aromatic heterocycles. The standard InChI is InChI=1S/C24H18F6N2O5S/c25-23(26,27)15-3-1-4-17(12-15)38(35,36)32-13-16(8-10-22(33)34)37-20-9-7-14(11-19(20)32)18-5-2-6-21(31-18)24(28,29)30/h1-7,9,11-12,16H,8,10,13H2,(H,33,34). The van der Waals surface area contributed by atoms with E-state index >= 15 is 0 Å². The van der Waals surface area contributed by atoms with Crippen molar-refractivity contribution >= 4 is 21.7 Å². The van der Waals surface area contributed by atoms with Gasteiger partial charge in [-0.2, -0.15) is 26.3 Å². The Morgan fingerprint density at radius 2 is 1.71 bits per heavy atom. The molecule has 0 fully saturated rings. The summed E-state index contributed by atoms with van der Waals surface area (Å²) in [5.74, 6) is -1.21. The molecule has 2 heterocycles. The number of carboxylic acid groups (broad SMARTS) is 1. The number of ether oxygens (including phenoxy) is 1. The molecule has 0 saturated heterocycles. The maximum atomic E-state index is 13.6. The quantitative estimate of drug-likeness (QED) is 0.394. The molecule has 1 aliphatic rings. The summed E-state index contributed by atoms with van der Waals surface area (Å²) in [5, 5.41) is 9.01. The van der Waals surface area contributed by atoms with Gasteiger partial charge in [0.15, 0.2) is 0 Å². The molecule has 4 rings (SSSR count). The Morgan fingerprint density at radius 1 is 1.00 bits per heavy atom. The number of carboxylic acids is 1. The van der Waals surface area contributed by atoms with Gasteiger partial charge in [-0.3, -0.25) is 9.10 Å². The molecule has 0 aliphatic carbocycles. The van der Waals surface area contributed by atoms with E-state index in [0.717, 1.165) is 28.6 Å². The molecule has 0 saturated carbocycles. The summed E-state index contributed by atoms with van der Waals surface area (Å²) in [7, 11) is -4.65. The van der Waals surface area contributed by atoms with E-state index in [2.05, 4.69) is 4.98 Å². The third-order valence-electron chi connectivity index (χ3n) is 5.66. The minimum atomic E-state index is -4.82. The first-order valence-electron chi connectivity index (χ1n) is 10.9. The zero-order valence-corrected chi connectivity index (χ0v) is 19.9. The van der Waals surface area contributed by atoms with Crippen molar-refractivity contribution in [1.29, 1.82) is 0 Å². The molecule has 0 spiro atoms. The van der Waals surface area contributed by atoms with Crippen LogP contribution < -0.4 is 9.04 Å². The minimum absolute atomic E-state index is 0.0436. The molecule has 1 aliphatic heterocycles. The van der Waals surface area contributed by atoms with Crippen LogP contribution in [-0.2, 0) is 27.2 Å². The second-order valence-corrected chi connectivity index (χ2v) is 10.2. The summed E-state index contributed by atoms with van der Waals surface area (Å²) in [4.78, 5) is 13.9. The van der Waals surface area contributed by atoms with Gasteiger partial charge in [0, 0.05) is 12.0 Å². The lowest BCUT2D eigenvalue weighted by atomic mass is 10.1. The number of sulfonamides is 1. The average molecular weight is 560 g/mol. The highest BCUT2D eigenvalue weighted by Crippen LogP contribution is 2.41. The average Bonchev–Trinajstić information content (AvgIpc) is 2.85. The molecular weight excluding hydrogens is 542 g/mol. The minimum Gasteiger partial charge on any atom is -0.486 e. The second kappa shape index (κ2) is 9.82. The van der Waals surface area contributed by atoms with Gasteiger partial charge in [-0.1, -0.05) is 12.1 Å². The monoisotopic (exact) mass is 560 g/mol. The zero-order chi connectivity index (χ0) is 27.9. The van der Waals surface area contributed by atoms with Crippen LogP contribution in [0.2, 0.25) is 0 Å². The van der Waals surface area contributed by atoms with E-state index in [1.165, 1.54) is 24.3 Å². The van der Waals surface area contributed by atoms with Crippen LogP contribution in [0.4, 0.5) is 32.0 Å². The SMILES string of the molecule is O=C(O)CCC1CN(S(=O)(=O)c2cccc(C(F)(F)F)c2)c2cc(-c3cccc(C(F)(F)F)n3)ccc2O1. The lowest BCUT2D eigenvalue weighted by Crippen LogP contribution is -2.43. The highest BCUT2D eigenvalue weighted by atomic mass is 32.2. The maximum Gasteiger partial charge on any atom is 0.433 e. The van der Waals surface area contributed by atoms with Crippen molar-refractivity contribution in [3.05, 3.63) is 71.9 Å². The number of alkyl halides is 6. The summed E-state index contributed by atoms with van der Waals surface area (Å²) in [6.07, 6.45) is -11.0. The first-order valence-corrected chi connectivity index (χ1v) is 12.4. The summed E-state index contributed by atoms with van der Waals surface area (Å²) in [5.41, 5.74) is -2.56. The van der Waals surface area contributed by atoms with Gasteiger partial charge in [0.1, 0.15) is 17.5 Å². The van der Waals surface area contributed by atoms with Crippen molar-refractivity contribution in [1.82, 2.24) is 4.98 Å². The van der Waals surface area contributed by atoms with E-state index in [4.69, 9.17) is 9.84 Å². The lowest BCUT2D eigenvalue weighted by Gasteiger charge is -2.35. The van der Waals surface area contributed by atoms with Crippen molar-refractivity contribution < 1.29 is 49.4 Å². The number of hydrogen-bond acceptors (Lipinski definition) is 5. The van der Waals surface area contributed by atoms with Crippen LogP contribution in [0.5, 0.6) is 5.75 Å². The van der Waals surface area contributed by atoms with Crippen molar-refractivity contribution in [3.63, 3.8) is 0 Å². The number of pyridine rings is 1. The third kappa shape index (κ3) is 5.69. The first kappa shape index (κ1) is 27.2. The number of nitrogens with zero attached hydrogens (tertiary/aromatic N) is 2. The van der Waals surface area contributed by atoms with Gasteiger partial charge in [-0.05, 0) is 55.0 Å². The van der Waals surface area contributed by atoms with Gasteiger partial charge >= 0.3 is 18.3 Å². The zero-order valence-electron chi connectivity index (χ0n) is 19.1. The smallest absolute Gasteiger partial charge is 0.433 e. The molecule has 3 aromatic rings. The van der Waals surface area contributed by atoms with Gasteiger partial charge in [-0.15, -0.1) is 0 Å². The molecule has 14 heteroatoms. The normalized spacial score (nSPS) is 16.1. The number of anilines is 1. The van der Waals surface area contributed by atoms with E-state index in [1.54, 1.807) is 0 Å². The van der Waals surface area contributed by atoms with Crippen LogP contribution in [0.1, 0.15) is 24.1 Å². The van der Waals surface area contributed by atoms with Gasteiger partial charge in [0.05, 0.1) is 28.4 Å². The van der Waals surface area contributed by atoms with E-state index in [-0.39, 0.29) is 35.5 Å². The number of hydrogen-bond donors (Lipinski definition) is 1. The van der Waals surface area contributed by atoms with Crippen LogP contribution in [0.15, 0.2) is 65.6 Å². The second-order valence-electron chi connectivity index (χ2n) is 8.32. The van der Waals surface area contributed by atoms with Crippen molar-refractivity contribution in [2.75, 3.05) is 10.8 Å². The topological polar surface area (TPSA) is 96.8 Å². The Hall–Kier alpha value is -3.81. The van der Waals surface area contributed by atoms with E-state index in [1.807, 2.05) is 0 Å². The summed E-state index contributed by atoms with van der Waals surface area (Å²) < 4.78 is 113. The molecular formula is C24H18F6N2O5S. The number of fused-ring (bicyclic) bond motifs is 1. The largest absolute Gasteiger partial charge is 0.486 e. The predicted octanol–water partition coefficient (Wildman–Crippen LogP) is 5.61. The molecule has 0 bridgehead atoms. The van der Waals surface area contributed by atoms with Gasteiger partial charge < -0.3 is 9.84 Å². The summed E-state index contributed by atoms with van der Waals surface area (Å²) in [6, 6.07) is 10.1. The fourth-order valence-electron chi connectivity index (χ4n) is 3.85. The van der Waals surface area contributed by atoms with Crippen LogP contribution in [0.25, 0.3) is 11.3 Å². The number of rotatable bonds is 6. The Kier molecular flexibility index (Phi) is 7.03. The van der Waals surface area contributed by atoms with Gasteiger partial charge in [0.25, 0.3) is 10.0 Å². The molecule has 202 valence electrons. The number of aliphatic carboxylic acids is 1. The van der Waals surface area contributed by atoms with Crippen LogP contribution in [-0.4, -0.2) is 37.1 Å². The van der Waals surface area contributed by atoms with Gasteiger partial charge in [-0.25, -0.2) is 13.4 Å². The fourth-order valence-corrected chi connectivity index (χ4v) is 5.39. The molecule has 7 nitrogen and oxygen atoms in total. The number of halogens is 6. The molecule has 0 radical (unpaired) electrons. The fraction of sp³-hybridized carbons (Fsp3) is 0.250. The molecule has 38 heavy (non-hydrogen) atoms.